The molecule has 0 spiro atoms. The van der Waals surface area contributed by atoms with Crippen molar-refractivity contribution in [1.82, 2.24) is 63.0 Å². The van der Waals surface area contributed by atoms with Crippen LogP contribution < -0.4 is 5.32 Å². The molecule has 0 unspecified atom stereocenters. The third-order valence-corrected chi connectivity index (χ3v) is 21.5. The number of hydrogen-bond donors (Lipinski definition) is 3. The van der Waals surface area contributed by atoms with Crippen molar-refractivity contribution in [2.45, 2.75) is 118 Å². The summed E-state index contributed by atoms with van der Waals surface area (Å²) in [6, 6.07) is 63.6. The van der Waals surface area contributed by atoms with Crippen molar-refractivity contribution < 1.29 is 41.1 Å². The zero-order chi connectivity index (χ0) is 97.1. The Morgan fingerprint density at radius 2 is 0.722 bits per heavy atom. The van der Waals surface area contributed by atoms with Gasteiger partial charge in [0.15, 0.2) is 0 Å². The molecule has 18 nitrogen and oxygen atoms in total. The number of carbonyl (C=O) groups excluding carboxylic acids is 1. The van der Waals surface area contributed by atoms with Gasteiger partial charge in [-0.05, 0) is 345 Å². The zero-order valence-corrected chi connectivity index (χ0v) is 100. The molecule has 0 amide bonds. The Morgan fingerprint density at radius 3 is 1.02 bits per heavy atom. The van der Waals surface area contributed by atoms with Gasteiger partial charge in [0.1, 0.15) is 5.78 Å². The Balaban J connectivity index is 0.000000239. The molecule has 0 bridgehead atoms. The molecule has 705 valence electrons. The van der Waals surface area contributed by atoms with Crippen molar-refractivity contribution in [2.24, 2.45) is 0 Å². The number of alkyl halides is 4. The summed E-state index contributed by atoms with van der Waals surface area (Å²) in [5.41, 5.74) is 28.3. The Hall–Kier alpha value is -4.16. The molecule has 17 aromatic rings. The molecule has 0 fully saturated rings. The van der Waals surface area contributed by atoms with Crippen LogP contribution in [0.15, 0.2) is 240 Å². The van der Waals surface area contributed by atoms with Crippen molar-refractivity contribution >= 4 is 330 Å². The average Bonchev–Trinajstić information content (AvgIpc) is 1.66. The van der Waals surface area contributed by atoms with Crippen molar-refractivity contribution in [3.8, 4) is 28.4 Å². The number of carbonyl (C=O) groups is 1. The van der Waals surface area contributed by atoms with Gasteiger partial charge in [-0.2, -0.15) is 8.42 Å². The molecule has 0 aliphatic carbocycles. The molecule has 12 heterocycles. The predicted molar refractivity (Wildman–Crippen MR) is 626 cm³/mol. The molecule has 3 N–H and O–H groups in total. The Bertz CT molecular complexity index is 6620. The van der Waals surface area contributed by atoms with Crippen LogP contribution >= 0.6 is 248 Å². The quantitative estimate of drug-likeness (QED) is 0.0256. The summed E-state index contributed by atoms with van der Waals surface area (Å²) in [6.45, 7) is 28.6. The van der Waals surface area contributed by atoms with Crippen LogP contribution in [-0.4, -0.2) is 120 Å². The fraction of sp³-hybridized carbons (Fsp3) is 0.253. The number of nitrogens with zero attached hydrogens (tertiary/aromatic N) is 11. The van der Waals surface area contributed by atoms with Crippen LogP contribution in [0.5, 0.6) is 0 Å². The first-order chi connectivity index (χ1) is 62.9. The van der Waals surface area contributed by atoms with Crippen LogP contribution in [-0.2, 0) is 63.3 Å². The van der Waals surface area contributed by atoms with Crippen molar-refractivity contribution in [3.05, 3.63) is 322 Å². The topological polar surface area (TPSA) is 210 Å². The minimum absolute atomic E-state index is 0. The van der Waals surface area contributed by atoms with E-state index in [0.29, 0.717) is 29.3 Å². The second kappa shape index (κ2) is 60.2. The van der Waals surface area contributed by atoms with Gasteiger partial charge in [0.2, 0.25) is 0 Å². The molecule has 5 aromatic carbocycles. The first-order valence-electron chi connectivity index (χ1n) is 41.8. The minimum atomic E-state index is -3.43. The van der Waals surface area contributed by atoms with Crippen LogP contribution in [0.2, 0.25) is 25.1 Å². The van der Waals surface area contributed by atoms with E-state index in [1.165, 1.54) is 20.1 Å². The fourth-order valence-electron chi connectivity index (χ4n) is 13.6. The summed E-state index contributed by atoms with van der Waals surface area (Å²) in [5, 5.41) is 16.0. The van der Waals surface area contributed by atoms with Gasteiger partial charge in [0.05, 0.1) is 81.0 Å². The van der Waals surface area contributed by atoms with Gasteiger partial charge in [-0.3, -0.25) is 107 Å². The van der Waals surface area contributed by atoms with Crippen LogP contribution in [0.25, 0.3) is 94.6 Å². The van der Waals surface area contributed by atoms with Crippen molar-refractivity contribution in [2.75, 3.05) is 41.4 Å². The van der Waals surface area contributed by atoms with Gasteiger partial charge in [-0.1, -0.05) is 183 Å². The van der Waals surface area contributed by atoms with Gasteiger partial charge in [0, 0.05) is 165 Å². The number of ketones is 1. The maximum absolute atomic E-state index is 11.3. The van der Waals surface area contributed by atoms with Gasteiger partial charge >= 0.3 is 0 Å². The molecule has 34 heteroatoms. The van der Waals surface area contributed by atoms with E-state index >= 15 is 0 Å². The fourth-order valence-corrected chi connectivity index (χ4v) is 15.3. The van der Waals surface area contributed by atoms with E-state index in [1.807, 2.05) is 211 Å². The molecule has 0 saturated heterocycles. The third-order valence-electron chi connectivity index (χ3n) is 18.8. The Morgan fingerprint density at radius 1 is 0.459 bits per heavy atom. The van der Waals surface area contributed by atoms with E-state index in [1.54, 1.807) is 25.5 Å². The molecule has 17 rings (SSSR count). The number of aliphatic hydroxyl groups excluding tert-OH is 1. The number of aliphatic hydroxyl groups is 1. The number of aromatic amines is 1. The number of likely N-dealkylation sites (N-methyl/N-ethyl adjacent to an activating group) is 1. The van der Waals surface area contributed by atoms with Gasteiger partial charge < -0.3 is 38.2 Å². The number of pyridine rings is 6. The summed E-state index contributed by atoms with van der Waals surface area (Å²) < 4.78 is 44.2. The Kier molecular flexibility index (Phi) is 53.2. The first kappa shape index (κ1) is 118. The standard InChI is InChI=1S/C18H20ClN3.C17H17ClN2O3S.C17H15ClN2O.C16H15ClN2O.C14H10BrClN2.C8H7BrN2.C2H4I2.2C2H5I.C2H6.CI3.V/c1-3-20-9-8-14-11-18-17(21-12-14)10-13(2)22(18)16-6-4-15(19)5-7-16;1-12-9-16-17(20(12)15-5-3-14(18)4-6-15)10-13(11-19-16)7-8-23-24(2,21)22;1-11-7-16-17(9-13(10-19-16)8-12(2)21)20(11)15-5-3-14(18)4-6-15;1-11-8-15-16(9-12(6-7-20)10-18-15)19(11)14-4-2-13(17)3-5-14;1-9-6-13-14(7-10(15)8-17-13)18(9)12-4-2-11(16)3-5-12;1-5-2-7-8(11-5)3-6(9)4-10-7;1-2(3)4;2*1-2-3;1-2;2-1(3)4;/h4-7,10-12,20H,3,8-9H2,1-2H3;3-6,9-11H,7-8H2,1-2H3;3-7,9-10H,8H2,1-2H3;2-5,8-10,20H,6-7H2,1H3;2-8H,1H3;2-4,11H,1H3;2H,1H3;2*2H2,1H3;1-2H3;;/q;;;;;;;;;;-1;. The van der Waals surface area contributed by atoms with Crippen LogP contribution in [0.1, 0.15) is 105 Å². The first-order valence-corrected chi connectivity index (χ1v) is 55.8. The number of H-pyrrole nitrogens is 1. The van der Waals surface area contributed by atoms with Gasteiger partial charge in [0.25, 0.3) is 10.1 Å². The molecular weight excluding hydrogens is 2760 g/mol. The molecule has 133 heavy (non-hydrogen) atoms. The molecule has 1 radical (unpaired) electrons. The summed E-state index contributed by atoms with van der Waals surface area (Å²) in [7, 11) is -3.43. The summed E-state index contributed by atoms with van der Waals surface area (Å²) >= 11 is 52.6. The number of fused-ring (bicyclic) bond motifs is 6. The van der Waals surface area contributed by atoms with Crippen LogP contribution in [0, 0.1) is 41.5 Å². The molecule has 0 atom stereocenters. The van der Waals surface area contributed by atoms with E-state index in [0.717, 1.165) is 192 Å². The van der Waals surface area contributed by atoms with Gasteiger partial charge in [-0.15, -0.1) is -0.0619 Å². The van der Waals surface area contributed by atoms with E-state index in [4.69, 9.17) is 67.3 Å². The number of benzene rings is 5. The smallest absolute Gasteiger partial charge is 0.264 e. The van der Waals surface area contributed by atoms with E-state index < -0.39 is 10.1 Å². The maximum Gasteiger partial charge on any atom is 0.264 e. The molecule has 0 saturated carbocycles. The SMILES string of the molecule is CC.CC(=O)Cc1cnc2cc(C)n(-c3ccc(Cl)cc3)c2c1.CC(I)I.CCI.CCI.CCNCCc1cnc2cc(C)n(-c3ccc(Cl)cc3)c2c1.Cc1cc2ncc(Br)cc2[nH]1.Cc1cc2ncc(Br)cc2n1-c1ccc(Cl)cc1.Cc1cc2ncc(CCO)cc2n1-c1ccc(Cl)cc1.Cc1cc2ncc(CCOS(C)(=O)=O)cc2n1-c1ccc(Cl)cc1.I[C-](I)I.[V]. The van der Waals surface area contributed by atoms with E-state index in [2.05, 4.69) is 338 Å². The number of aryl methyl sites for hydroxylation is 6. The van der Waals surface area contributed by atoms with Crippen LogP contribution in [0.3, 0.4) is 0 Å². The van der Waals surface area contributed by atoms with Crippen LogP contribution in [0.4, 0.5) is 0 Å². The van der Waals surface area contributed by atoms with Crippen molar-refractivity contribution in [1.29, 1.82) is 0 Å². The third kappa shape index (κ3) is 38.0. The molecular formula is C99H104Br2Cl5I7N13O5SV-. The monoisotopic (exact) mass is 2860 g/mol. The van der Waals surface area contributed by atoms with Crippen molar-refractivity contribution in [3.63, 3.8) is 0 Å². The summed E-state index contributed by atoms with van der Waals surface area (Å²) in [4.78, 5) is 41.1. The number of Topliss-reactive ketones (excluding diaryl/α,β-unsaturated/α-hetero) is 1. The van der Waals surface area contributed by atoms with E-state index in [-0.39, 0.29) is 37.6 Å². The summed E-state index contributed by atoms with van der Waals surface area (Å²) in [5.74, 6) is 0.137. The largest absolute Gasteiger partial charge is 0.396 e. The average molecular weight is 2860 g/mol. The second-order valence-corrected chi connectivity index (χ2v) is 53.3. The number of aromatic nitrogens is 12. The Labute approximate surface area is 930 Å². The number of hydrogen-bond acceptors (Lipinski definition) is 12. The predicted octanol–water partition coefficient (Wildman–Crippen LogP) is 31.5. The molecule has 0 aliphatic rings. The number of nitrogens with one attached hydrogen (secondary N) is 2. The minimum Gasteiger partial charge on any atom is -0.396 e. The molecule has 0 aliphatic heterocycles. The maximum atomic E-state index is 11.3. The second-order valence-electron chi connectivity index (χ2n) is 29.1. The van der Waals surface area contributed by atoms with E-state index in [9.17, 15) is 13.2 Å². The zero-order valence-electron chi connectivity index (χ0n) is 75.7. The summed E-state index contributed by atoms with van der Waals surface area (Å²) in [6.07, 6.45) is 14.5. The molecule has 12 aromatic heterocycles. The normalized spacial score (nSPS) is 10.7. The number of rotatable bonds is 17. The number of halogens is 14. The van der Waals surface area contributed by atoms with Gasteiger partial charge in [-0.25, -0.2) is 0 Å².